The zero-order valence-electron chi connectivity index (χ0n) is 10.7. The fraction of sp³-hybridized carbons (Fsp3) is 0.571. The molecule has 1 aliphatic heterocycles. The molecule has 0 saturated carbocycles. The van der Waals surface area contributed by atoms with Gasteiger partial charge in [0.2, 0.25) is 0 Å². The first-order valence-corrected chi connectivity index (χ1v) is 6.50. The van der Waals surface area contributed by atoms with Crippen molar-refractivity contribution in [3.05, 3.63) is 36.7 Å². The van der Waals surface area contributed by atoms with E-state index in [1.54, 1.807) is 0 Å². The lowest BCUT2D eigenvalue weighted by Crippen LogP contribution is -2.45. The van der Waals surface area contributed by atoms with Gasteiger partial charge in [0.1, 0.15) is 0 Å². The second-order valence-electron chi connectivity index (χ2n) is 4.71. The molecule has 17 heavy (non-hydrogen) atoms. The second kappa shape index (κ2) is 6.03. The van der Waals surface area contributed by atoms with E-state index in [-0.39, 0.29) is 0 Å². The van der Waals surface area contributed by atoms with Crippen LogP contribution in [0.15, 0.2) is 31.0 Å². The van der Waals surface area contributed by atoms with Gasteiger partial charge in [0.15, 0.2) is 0 Å². The number of nitrogens with one attached hydrogen (secondary N) is 1. The highest BCUT2D eigenvalue weighted by Crippen LogP contribution is 2.26. The van der Waals surface area contributed by atoms with Gasteiger partial charge in [0.05, 0.1) is 6.04 Å². The van der Waals surface area contributed by atoms with E-state index >= 15 is 0 Å². The first kappa shape index (κ1) is 12.4. The van der Waals surface area contributed by atoms with E-state index in [1.807, 2.05) is 6.08 Å². The number of aryl methyl sites for hydroxylation is 1. The predicted octanol–water partition coefficient (Wildman–Crippen LogP) is 1.94. The molecule has 1 aromatic rings. The first-order valence-electron chi connectivity index (χ1n) is 6.50. The Kier molecular flexibility index (Phi) is 4.40. The monoisotopic (exact) mass is 233 g/mol. The number of allylic oxidation sites excluding steroid dienone is 1. The number of hydrogen-bond donors (Lipinski definition) is 1. The standard InChI is InChI=1S/C14H23N3/c1-3-4-6-14(13-7-5-10-16(13)2)17-11-8-15-9-12-17/h3,5,7,10,14-15H,1,4,6,8-9,11-12H2,2H3/t14-/m0/s1. The number of piperazine rings is 1. The number of hydrogen-bond acceptors (Lipinski definition) is 2. The zero-order chi connectivity index (χ0) is 12.1. The minimum Gasteiger partial charge on any atom is -0.353 e. The Labute approximate surface area is 104 Å². The van der Waals surface area contributed by atoms with Gasteiger partial charge in [0, 0.05) is 45.1 Å². The van der Waals surface area contributed by atoms with Gasteiger partial charge in [-0.15, -0.1) is 6.58 Å². The average Bonchev–Trinajstić information content (AvgIpc) is 2.78. The van der Waals surface area contributed by atoms with E-state index in [0.717, 1.165) is 32.6 Å². The third-order valence-electron chi connectivity index (χ3n) is 3.56. The lowest BCUT2D eigenvalue weighted by Gasteiger charge is -2.35. The fourth-order valence-corrected chi connectivity index (χ4v) is 2.61. The molecule has 0 aromatic carbocycles. The van der Waals surface area contributed by atoms with Crippen LogP contribution in [0.4, 0.5) is 0 Å². The molecule has 1 aliphatic rings. The first-order chi connectivity index (χ1) is 8.33. The number of nitrogens with zero attached hydrogens (tertiary/aromatic N) is 2. The summed E-state index contributed by atoms with van der Waals surface area (Å²) >= 11 is 0. The normalized spacial score (nSPS) is 19.1. The lowest BCUT2D eigenvalue weighted by molar-refractivity contribution is 0.161. The molecule has 0 amide bonds. The molecule has 1 N–H and O–H groups in total. The molecule has 0 aliphatic carbocycles. The summed E-state index contributed by atoms with van der Waals surface area (Å²) in [6.07, 6.45) is 6.41. The molecule has 2 heterocycles. The van der Waals surface area contributed by atoms with Crippen LogP contribution in [0.1, 0.15) is 24.6 Å². The minimum absolute atomic E-state index is 0.537. The molecule has 1 atom stereocenters. The molecule has 3 heteroatoms. The lowest BCUT2D eigenvalue weighted by atomic mass is 10.0. The Morgan fingerprint density at radius 1 is 1.47 bits per heavy atom. The smallest absolute Gasteiger partial charge is 0.0504 e. The molecule has 0 unspecified atom stereocenters. The summed E-state index contributed by atoms with van der Waals surface area (Å²) in [5.41, 5.74) is 1.42. The molecule has 0 spiro atoms. The Hall–Kier alpha value is -1.06. The Bertz CT molecular complexity index is 350. The summed E-state index contributed by atoms with van der Waals surface area (Å²) in [7, 11) is 2.14. The van der Waals surface area contributed by atoms with Crippen molar-refractivity contribution in [2.75, 3.05) is 26.2 Å². The van der Waals surface area contributed by atoms with E-state index in [2.05, 4.69) is 46.7 Å². The van der Waals surface area contributed by atoms with Crippen LogP contribution in [0.25, 0.3) is 0 Å². The molecule has 1 aromatic heterocycles. The largest absolute Gasteiger partial charge is 0.353 e. The van der Waals surface area contributed by atoms with Crippen LogP contribution in [0.2, 0.25) is 0 Å². The number of aromatic nitrogens is 1. The van der Waals surface area contributed by atoms with E-state index in [9.17, 15) is 0 Å². The second-order valence-corrected chi connectivity index (χ2v) is 4.71. The van der Waals surface area contributed by atoms with Gasteiger partial charge in [-0.05, 0) is 25.0 Å². The maximum atomic E-state index is 3.84. The molecule has 1 saturated heterocycles. The van der Waals surface area contributed by atoms with Gasteiger partial charge in [-0.1, -0.05) is 6.08 Å². The van der Waals surface area contributed by atoms with Gasteiger partial charge in [-0.2, -0.15) is 0 Å². The van der Waals surface area contributed by atoms with Crippen LogP contribution in [0, 0.1) is 0 Å². The molecular formula is C14H23N3. The quantitative estimate of drug-likeness (QED) is 0.784. The molecule has 2 rings (SSSR count). The van der Waals surface area contributed by atoms with Gasteiger partial charge in [0.25, 0.3) is 0 Å². The van der Waals surface area contributed by atoms with E-state index < -0.39 is 0 Å². The van der Waals surface area contributed by atoms with Gasteiger partial charge in [-0.25, -0.2) is 0 Å². The van der Waals surface area contributed by atoms with Gasteiger partial charge >= 0.3 is 0 Å². The van der Waals surface area contributed by atoms with Crippen LogP contribution in [0.3, 0.4) is 0 Å². The van der Waals surface area contributed by atoms with Gasteiger partial charge in [-0.3, -0.25) is 4.90 Å². The van der Waals surface area contributed by atoms with E-state index in [4.69, 9.17) is 0 Å². The summed E-state index contributed by atoms with van der Waals surface area (Å²) in [4.78, 5) is 2.59. The van der Waals surface area contributed by atoms with Crippen molar-refractivity contribution in [3.63, 3.8) is 0 Å². The highest BCUT2D eigenvalue weighted by molar-refractivity contribution is 5.12. The molecular weight excluding hydrogens is 210 g/mol. The zero-order valence-corrected chi connectivity index (χ0v) is 10.7. The van der Waals surface area contributed by atoms with E-state index in [0.29, 0.717) is 6.04 Å². The van der Waals surface area contributed by atoms with Crippen molar-refractivity contribution in [1.29, 1.82) is 0 Å². The highest BCUT2D eigenvalue weighted by Gasteiger charge is 2.22. The van der Waals surface area contributed by atoms with Crippen LogP contribution >= 0.6 is 0 Å². The summed E-state index contributed by atoms with van der Waals surface area (Å²) in [5, 5.41) is 3.42. The van der Waals surface area contributed by atoms with Crippen LogP contribution in [-0.4, -0.2) is 35.6 Å². The summed E-state index contributed by atoms with van der Waals surface area (Å²) in [5.74, 6) is 0. The van der Waals surface area contributed by atoms with Crippen LogP contribution in [0.5, 0.6) is 0 Å². The minimum atomic E-state index is 0.537. The maximum Gasteiger partial charge on any atom is 0.0504 e. The third-order valence-corrected chi connectivity index (χ3v) is 3.56. The summed E-state index contributed by atoms with van der Waals surface area (Å²) < 4.78 is 2.25. The highest BCUT2D eigenvalue weighted by atomic mass is 15.2. The Morgan fingerprint density at radius 2 is 2.24 bits per heavy atom. The van der Waals surface area contributed by atoms with E-state index in [1.165, 1.54) is 12.1 Å². The summed E-state index contributed by atoms with van der Waals surface area (Å²) in [6, 6.07) is 4.92. The van der Waals surface area contributed by atoms with Crippen molar-refractivity contribution in [1.82, 2.24) is 14.8 Å². The molecule has 1 fully saturated rings. The predicted molar refractivity (Wildman–Crippen MR) is 72.0 cm³/mol. The Balaban J connectivity index is 2.12. The SMILES string of the molecule is C=CCC[C@@H](c1cccn1C)N1CCNCC1. The molecule has 3 nitrogen and oxygen atoms in total. The average molecular weight is 233 g/mol. The molecule has 0 bridgehead atoms. The van der Waals surface area contributed by atoms with Gasteiger partial charge < -0.3 is 9.88 Å². The third kappa shape index (κ3) is 2.99. The van der Waals surface area contributed by atoms with Crippen LogP contribution in [-0.2, 0) is 7.05 Å². The summed E-state index contributed by atoms with van der Waals surface area (Å²) in [6.45, 7) is 8.35. The maximum absolute atomic E-state index is 3.84. The Morgan fingerprint density at radius 3 is 2.82 bits per heavy atom. The molecule has 0 radical (unpaired) electrons. The van der Waals surface area contributed by atoms with Crippen molar-refractivity contribution >= 4 is 0 Å². The van der Waals surface area contributed by atoms with Crippen molar-refractivity contribution < 1.29 is 0 Å². The fourth-order valence-electron chi connectivity index (χ4n) is 2.61. The topological polar surface area (TPSA) is 20.2 Å². The van der Waals surface area contributed by atoms with Crippen molar-refractivity contribution in [3.8, 4) is 0 Å². The number of rotatable bonds is 5. The van der Waals surface area contributed by atoms with Crippen molar-refractivity contribution in [2.24, 2.45) is 7.05 Å². The van der Waals surface area contributed by atoms with Crippen LogP contribution < -0.4 is 5.32 Å². The van der Waals surface area contributed by atoms with Crippen molar-refractivity contribution in [2.45, 2.75) is 18.9 Å². The molecule has 94 valence electrons.